The first-order chi connectivity index (χ1) is 9.93. The Bertz CT molecular complexity index is 714. The molecule has 0 atom stereocenters. The maximum Gasteiger partial charge on any atom is 0.358 e. The SMILES string of the molecule is CCOC(=O)c1nc(-c2cc(Br)ccc2Cl)sc1C(C)=O. The van der Waals surface area contributed by atoms with Crippen molar-refractivity contribution in [1.82, 2.24) is 4.98 Å². The first kappa shape index (κ1) is 16.1. The average Bonchev–Trinajstić information content (AvgIpc) is 2.87. The quantitative estimate of drug-likeness (QED) is 0.567. The molecule has 0 saturated carbocycles. The van der Waals surface area contributed by atoms with E-state index in [0.717, 1.165) is 15.8 Å². The van der Waals surface area contributed by atoms with E-state index in [2.05, 4.69) is 20.9 Å². The van der Waals surface area contributed by atoms with Gasteiger partial charge in [0.15, 0.2) is 11.5 Å². The van der Waals surface area contributed by atoms with Gasteiger partial charge < -0.3 is 4.74 Å². The normalized spacial score (nSPS) is 10.5. The van der Waals surface area contributed by atoms with E-state index in [1.807, 2.05) is 0 Å². The minimum atomic E-state index is -0.601. The lowest BCUT2D eigenvalue weighted by atomic mass is 10.2. The minimum Gasteiger partial charge on any atom is -0.461 e. The Morgan fingerprint density at radius 3 is 2.76 bits per heavy atom. The molecule has 0 fully saturated rings. The molecule has 0 bridgehead atoms. The molecule has 0 spiro atoms. The Labute approximate surface area is 139 Å². The van der Waals surface area contributed by atoms with Gasteiger partial charge in [-0.05, 0) is 25.1 Å². The Hall–Kier alpha value is -1.24. The van der Waals surface area contributed by atoms with Crippen molar-refractivity contribution in [2.75, 3.05) is 6.61 Å². The number of Topliss-reactive ketones (excluding diaryl/α,β-unsaturated/α-hetero) is 1. The highest BCUT2D eigenvalue weighted by Crippen LogP contribution is 2.35. The summed E-state index contributed by atoms with van der Waals surface area (Å²) in [7, 11) is 0. The van der Waals surface area contributed by atoms with Gasteiger partial charge in [-0.1, -0.05) is 27.5 Å². The van der Waals surface area contributed by atoms with Gasteiger partial charge in [0.05, 0.1) is 11.6 Å². The number of hydrogen-bond donors (Lipinski definition) is 0. The first-order valence-electron chi connectivity index (χ1n) is 6.08. The number of thiazole rings is 1. The summed E-state index contributed by atoms with van der Waals surface area (Å²) in [5.41, 5.74) is 0.703. The minimum absolute atomic E-state index is 0.0420. The van der Waals surface area contributed by atoms with E-state index < -0.39 is 5.97 Å². The van der Waals surface area contributed by atoms with Crippen LogP contribution in [0.5, 0.6) is 0 Å². The molecule has 0 aliphatic carbocycles. The Morgan fingerprint density at radius 1 is 1.43 bits per heavy atom. The van der Waals surface area contributed by atoms with Crippen LogP contribution >= 0.6 is 38.9 Å². The van der Waals surface area contributed by atoms with E-state index in [-0.39, 0.29) is 23.0 Å². The van der Waals surface area contributed by atoms with Gasteiger partial charge in [0.2, 0.25) is 0 Å². The molecular formula is C14H11BrClNO3S. The highest BCUT2D eigenvalue weighted by Gasteiger charge is 2.23. The third-order valence-electron chi connectivity index (χ3n) is 2.57. The summed E-state index contributed by atoms with van der Waals surface area (Å²) in [6.45, 7) is 3.31. The van der Waals surface area contributed by atoms with E-state index in [4.69, 9.17) is 16.3 Å². The van der Waals surface area contributed by atoms with Crippen molar-refractivity contribution in [3.63, 3.8) is 0 Å². The molecule has 7 heteroatoms. The second-order valence-corrected chi connectivity index (χ2v) is 6.42. The number of halogens is 2. The molecule has 4 nitrogen and oxygen atoms in total. The molecule has 1 aromatic heterocycles. The maximum absolute atomic E-state index is 11.9. The van der Waals surface area contributed by atoms with Gasteiger partial charge in [0.1, 0.15) is 9.88 Å². The number of nitrogens with zero attached hydrogens (tertiary/aromatic N) is 1. The number of carbonyl (C=O) groups excluding carboxylic acids is 2. The smallest absolute Gasteiger partial charge is 0.358 e. The van der Waals surface area contributed by atoms with Gasteiger partial charge in [-0.25, -0.2) is 9.78 Å². The van der Waals surface area contributed by atoms with Gasteiger partial charge in [0, 0.05) is 17.0 Å². The van der Waals surface area contributed by atoms with Crippen molar-refractivity contribution in [3.05, 3.63) is 38.3 Å². The van der Waals surface area contributed by atoms with Crippen molar-refractivity contribution in [1.29, 1.82) is 0 Å². The van der Waals surface area contributed by atoms with Crippen LogP contribution in [-0.4, -0.2) is 23.3 Å². The molecule has 2 rings (SSSR count). The standard InChI is InChI=1S/C14H11BrClNO3S/c1-3-20-14(19)11-12(7(2)18)21-13(17-11)9-6-8(15)4-5-10(9)16/h4-6H,3H2,1-2H3. The number of hydrogen-bond acceptors (Lipinski definition) is 5. The van der Waals surface area contributed by atoms with E-state index in [9.17, 15) is 9.59 Å². The van der Waals surface area contributed by atoms with Crippen LogP contribution in [0.1, 0.15) is 34.0 Å². The second-order valence-electron chi connectivity index (χ2n) is 4.10. The lowest BCUT2D eigenvalue weighted by Crippen LogP contribution is -2.09. The van der Waals surface area contributed by atoms with Crippen LogP contribution < -0.4 is 0 Å². The number of carbonyl (C=O) groups is 2. The van der Waals surface area contributed by atoms with Crippen LogP contribution in [0.4, 0.5) is 0 Å². The fourth-order valence-electron chi connectivity index (χ4n) is 1.67. The average molecular weight is 389 g/mol. The summed E-state index contributed by atoms with van der Waals surface area (Å²) in [6.07, 6.45) is 0. The van der Waals surface area contributed by atoms with Crippen LogP contribution in [0.25, 0.3) is 10.6 Å². The zero-order valence-electron chi connectivity index (χ0n) is 11.3. The monoisotopic (exact) mass is 387 g/mol. The zero-order chi connectivity index (χ0) is 15.6. The van der Waals surface area contributed by atoms with Crippen LogP contribution in [0.15, 0.2) is 22.7 Å². The maximum atomic E-state index is 11.9. The second kappa shape index (κ2) is 6.68. The van der Waals surface area contributed by atoms with E-state index in [0.29, 0.717) is 15.6 Å². The summed E-state index contributed by atoms with van der Waals surface area (Å²) in [4.78, 5) is 28.1. The lowest BCUT2D eigenvalue weighted by Gasteiger charge is -2.01. The summed E-state index contributed by atoms with van der Waals surface area (Å²) in [5.74, 6) is -0.829. The van der Waals surface area contributed by atoms with Crippen molar-refractivity contribution >= 4 is 50.6 Å². The molecule has 0 aliphatic heterocycles. The van der Waals surface area contributed by atoms with Crippen molar-refractivity contribution < 1.29 is 14.3 Å². The fourth-order valence-corrected chi connectivity index (χ4v) is 3.28. The lowest BCUT2D eigenvalue weighted by molar-refractivity contribution is 0.0517. The molecule has 0 unspecified atom stereocenters. The predicted octanol–water partition coefficient (Wildman–Crippen LogP) is 4.61. The van der Waals surface area contributed by atoms with E-state index in [1.165, 1.54) is 6.92 Å². The fraction of sp³-hybridized carbons (Fsp3) is 0.214. The summed E-state index contributed by atoms with van der Waals surface area (Å²) in [6, 6.07) is 5.32. The van der Waals surface area contributed by atoms with Gasteiger partial charge in [-0.15, -0.1) is 11.3 Å². The summed E-state index contributed by atoms with van der Waals surface area (Å²) >= 11 is 10.6. The predicted molar refractivity (Wildman–Crippen MR) is 86.2 cm³/mol. The summed E-state index contributed by atoms with van der Waals surface area (Å²) < 4.78 is 5.77. The highest BCUT2D eigenvalue weighted by molar-refractivity contribution is 9.10. The largest absolute Gasteiger partial charge is 0.461 e. The van der Waals surface area contributed by atoms with Crippen LogP contribution in [0.2, 0.25) is 5.02 Å². The van der Waals surface area contributed by atoms with Gasteiger partial charge >= 0.3 is 5.97 Å². The van der Waals surface area contributed by atoms with E-state index in [1.54, 1.807) is 25.1 Å². The molecule has 0 aliphatic rings. The van der Waals surface area contributed by atoms with Crippen LogP contribution in [-0.2, 0) is 4.74 Å². The molecule has 0 N–H and O–H groups in total. The Balaban J connectivity index is 2.56. The topological polar surface area (TPSA) is 56.3 Å². The molecule has 0 amide bonds. The van der Waals surface area contributed by atoms with Crippen molar-refractivity contribution in [2.45, 2.75) is 13.8 Å². The van der Waals surface area contributed by atoms with Crippen molar-refractivity contribution in [3.8, 4) is 10.6 Å². The van der Waals surface area contributed by atoms with Crippen LogP contribution in [0.3, 0.4) is 0 Å². The zero-order valence-corrected chi connectivity index (χ0v) is 14.4. The molecule has 21 heavy (non-hydrogen) atoms. The highest BCUT2D eigenvalue weighted by atomic mass is 79.9. The molecule has 0 radical (unpaired) electrons. The Kier molecular flexibility index (Phi) is 5.13. The third-order valence-corrected chi connectivity index (χ3v) is 4.59. The molecular weight excluding hydrogens is 378 g/mol. The molecule has 0 saturated heterocycles. The number of rotatable bonds is 4. The third kappa shape index (κ3) is 3.51. The number of ether oxygens (including phenoxy) is 1. The van der Waals surface area contributed by atoms with Crippen molar-refractivity contribution in [2.24, 2.45) is 0 Å². The number of benzene rings is 1. The Morgan fingerprint density at radius 2 is 2.14 bits per heavy atom. The van der Waals surface area contributed by atoms with Gasteiger partial charge in [-0.3, -0.25) is 4.79 Å². The first-order valence-corrected chi connectivity index (χ1v) is 8.07. The summed E-state index contributed by atoms with van der Waals surface area (Å²) in [5, 5.41) is 1.01. The van der Waals surface area contributed by atoms with E-state index >= 15 is 0 Å². The van der Waals surface area contributed by atoms with Gasteiger partial charge in [-0.2, -0.15) is 0 Å². The molecule has 1 heterocycles. The molecule has 2 aromatic rings. The van der Waals surface area contributed by atoms with Gasteiger partial charge in [0.25, 0.3) is 0 Å². The number of ketones is 1. The number of esters is 1. The number of aromatic nitrogens is 1. The molecule has 1 aromatic carbocycles. The van der Waals surface area contributed by atoms with Crippen LogP contribution in [0, 0.1) is 0 Å². The molecule has 110 valence electrons.